The van der Waals surface area contributed by atoms with Crippen LogP contribution in [0.3, 0.4) is 0 Å². The van der Waals surface area contributed by atoms with Crippen molar-refractivity contribution in [3.63, 3.8) is 0 Å². The summed E-state index contributed by atoms with van der Waals surface area (Å²) in [6, 6.07) is 2.00. The van der Waals surface area contributed by atoms with Gasteiger partial charge in [-0.3, -0.25) is 14.4 Å². The molecule has 0 saturated carbocycles. The van der Waals surface area contributed by atoms with E-state index in [-0.39, 0.29) is 18.4 Å². The molecular weight excluding hydrogens is 344 g/mol. The molecule has 0 heterocycles. The third kappa shape index (κ3) is 6.42. The molecule has 6 nitrogen and oxygen atoms in total. The van der Waals surface area contributed by atoms with Crippen molar-refractivity contribution >= 4 is 17.7 Å². The molecule has 0 aliphatic carbocycles. The fraction of sp³-hybridized carbons (Fsp3) is 0.500. The maximum atomic E-state index is 13.7. The molecule has 1 rings (SSSR count). The molecule has 0 aromatic heterocycles. The van der Waals surface area contributed by atoms with E-state index in [1.54, 1.807) is 34.6 Å². The number of halogens is 2. The summed E-state index contributed by atoms with van der Waals surface area (Å²) < 4.78 is 27.4. The highest BCUT2D eigenvalue weighted by Gasteiger charge is 2.27. The molecule has 8 heteroatoms. The van der Waals surface area contributed by atoms with Crippen LogP contribution in [0.5, 0.6) is 0 Å². The summed E-state index contributed by atoms with van der Waals surface area (Å²) in [5, 5.41) is 7.43. The minimum absolute atomic E-state index is 0.275. The van der Waals surface area contributed by atoms with E-state index in [0.29, 0.717) is 0 Å². The predicted octanol–water partition coefficient (Wildman–Crippen LogP) is 1.75. The van der Waals surface area contributed by atoms with Crippen LogP contribution >= 0.6 is 0 Å². The Bertz CT molecular complexity index is 664. The maximum Gasteiger partial charge on any atom is 0.257 e. The Kier molecular flexibility index (Phi) is 7.23. The van der Waals surface area contributed by atoms with Crippen LogP contribution in [0.4, 0.5) is 8.78 Å². The first kappa shape index (κ1) is 21.5. The van der Waals surface area contributed by atoms with E-state index in [2.05, 4.69) is 16.0 Å². The number of hydrogen-bond donors (Lipinski definition) is 3. The van der Waals surface area contributed by atoms with Gasteiger partial charge in [-0.1, -0.05) is 19.9 Å². The molecule has 26 heavy (non-hydrogen) atoms. The molecule has 1 aromatic rings. The van der Waals surface area contributed by atoms with Gasteiger partial charge in [0.25, 0.3) is 5.91 Å². The van der Waals surface area contributed by atoms with Gasteiger partial charge in [-0.25, -0.2) is 8.78 Å². The van der Waals surface area contributed by atoms with E-state index in [0.717, 1.165) is 18.2 Å². The van der Waals surface area contributed by atoms with Crippen molar-refractivity contribution in [2.75, 3.05) is 6.54 Å². The van der Waals surface area contributed by atoms with Crippen molar-refractivity contribution in [2.24, 2.45) is 5.92 Å². The van der Waals surface area contributed by atoms with Gasteiger partial charge in [0, 0.05) is 5.54 Å². The molecule has 0 fully saturated rings. The summed E-state index contributed by atoms with van der Waals surface area (Å²) in [6.45, 7) is 8.45. The standard InChI is InChI=1S/C18H25F2N3O3/c1-10(2)15(17(26)21-9-13(24)23-18(3,4)5)22-16(25)14-11(19)7-6-8-12(14)20/h6-8,10,15H,9H2,1-5H3,(H,21,26)(H,22,25)(H,23,24). The van der Waals surface area contributed by atoms with Crippen LogP contribution in [-0.2, 0) is 9.59 Å². The maximum absolute atomic E-state index is 13.7. The van der Waals surface area contributed by atoms with Crippen LogP contribution in [-0.4, -0.2) is 35.8 Å². The Balaban J connectivity index is 2.78. The summed E-state index contributed by atoms with van der Waals surface area (Å²) in [5.74, 6) is -4.44. The lowest BCUT2D eigenvalue weighted by Gasteiger charge is -2.23. The van der Waals surface area contributed by atoms with Crippen molar-refractivity contribution in [3.8, 4) is 0 Å². The molecule has 1 aromatic carbocycles. The Labute approximate surface area is 151 Å². The normalized spacial score (nSPS) is 12.5. The first-order valence-electron chi connectivity index (χ1n) is 8.26. The van der Waals surface area contributed by atoms with Crippen LogP contribution in [0, 0.1) is 17.6 Å². The number of amides is 3. The first-order valence-corrected chi connectivity index (χ1v) is 8.26. The number of benzene rings is 1. The van der Waals surface area contributed by atoms with Gasteiger partial charge in [0.2, 0.25) is 11.8 Å². The Morgan fingerprint density at radius 3 is 2.08 bits per heavy atom. The van der Waals surface area contributed by atoms with E-state index >= 15 is 0 Å². The Morgan fingerprint density at radius 1 is 1.08 bits per heavy atom. The highest BCUT2D eigenvalue weighted by atomic mass is 19.1. The zero-order valence-corrected chi connectivity index (χ0v) is 15.6. The zero-order chi connectivity index (χ0) is 20.1. The van der Waals surface area contributed by atoms with Crippen molar-refractivity contribution in [1.29, 1.82) is 0 Å². The van der Waals surface area contributed by atoms with Crippen molar-refractivity contribution in [1.82, 2.24) is 16.0 Å². The quantitative estimate of drug-likeness (QED) is 0.714. The summed E-state index contributed by atoms with van der Waals surface area (Å²) in [4.78, 5) is 36.3. The van der Waals surface area contributed by atoms with Crippen LogP contribution in [0.15, 0.2) is 18.2 Å². The molecule has 0 aliphatic heterocycles. The fourth-order valence-corrected chi connectivity index (χ4v) is 2.20. The molecule has 144 valence electrons. The van der Waals surface area contributed by atoms with E-state index in [1.807, 2.05) is 0 Å². The van der Waals surface area contributed by atoms with Gasteiger partial charge >= 0.3 is 0 Å². The third-order valence-corrected chi connectivity index (χ3v) is 3.36. The van der Waals surface area contributed by atoms with Crippen molar-refractivity contribution < 1.29 is 23.2 Å². The fourth-order valence-electron chi connectivity index (χ4n) is 2.20. The number of nitrogens with one attached hydrogen (secondary N) is 3. The Hall–Kier alpha value is -2.51. The van der Waals surface area contributed by atoms with Crippen LogP contribution in [0.1, 0.15) is 45.0 Å². The summed E-state index contributed by atoms with van der Waals surface area (Å²) >= 11 is 0. The average Bonchev–Trinajstić information content (AvgIpc) is 2.48. The predicted molar refractivity (Wildman–Crippen MR) is 93.4 cm³/mol. The highest BCUT2D eigenvalue weighted by molar-refractivity contribution is 5.98. The molecular formula is C18H25F2N3O3. The summed E-state index contributed by atoms with van der Waals surface area (Å²) in [6.07, 6.45) is 0. The largest absolute Gasteiger partial charge is 0.350 e. The minimum atomic E-state index is -1.05. The minimum Gasteiger partial charge on any atom is -0.350 e. The monoisotopic (exact) mass is 369 g/mol. The van der Waals surface area contributed by atoms with Crippen molar-refractivity contribution in [2.45, 2.75) is 46.2 Å². The molecule has 3 amide bonds. The SMILES string of the molecule is CC(C)C(NC(=O)c1c(F)cccc1F)C(=O)NCC(=O)NC(C)(C)C. The topological polar surface area (TPSA) is 87.3 Å². The molecule has 3 N–H and O–H groups in total. The molecule has 0 radical (unpaired) electrons. The highest BCUT2D eigenvalue weighted by Crippen LogP contribution is 2.13. The van der Waals surface area contributed by atoms with Gasteiger partial charge in [-0.15, -0.1) is 0 Å². The average molecular weight is 369 g/mol. The second-order valence-corrected chi connectivity index (χ2v) is 7.31. The van der Waals surface area contributed by atoms with E-state index in [4.69, 9.17) is 0 Å². The van der Waals surface area contributed by atoms with Gasteiger partial charge in [-0.05, 0) is 38.8 Å². The van der Waals surface area contributed by atoms with Gasteiger partial charge in [0.1, 0.15) is 23.2 Å². The molecule has 0 aliphatic rings. The smallest absolute Gasteiger partial charge is 0.257 e. The van der Waals surface area contributed by atoms with E-state index in [1.165, 1.54) is 0 Å². The second-order valence-electron chi connectivity index (χ2n) is 7.31. The van der Waals surface area contributed by atoms with Gasteiger partial charge in [0.05, 0.1) is 6.54 Å². The lowest BCUT2D eigenvalue weighted by Crippen LogP contribution is -2.53. The van der Waals surface area contributed by atoms with E-state index in [9.17, 15) is 23.2 Å². The molecule has 0 bridgehead atoms. The molecule has 1 unspecified atom stereocenters. The van der Waals surface area contributed by atoms with Gasteiger partial charge in [-0.2, -0.15) is 0 Å². The number of hydrogen-bond acceptors (Lipinski definition) is 3. The second kappa shape index (κ2) is 8.73. The Morgan fingerprint density at radius 2 is 1.62 bits per heavy atom. The zero-order valence-electron chi connectivity index (χ0n) is 15.6. The third-order valence-electron chi connectivity index (χ3n) is 3.36. The number of carbonyl (C=O) groups is 3. The van der Waals surface area contributed by atoms with Crippen LogP contribution < -0.4 is 16.0 Å². The summed E-state index contributed by atoms with van der Waals surface area (Å²) in [7, 11) is 0. The summed E-state index contributed by atoms with van der Waals surface area (Å²) in [5.41, 5.74) is -1.20. The molecule has 1 atom stereocenters. The van der Waals surface area contributed by atoms with Crippen LogP contribution in [0.25, 0.3) is 0 Å². The lowest BCUT2D eigenvalue weighted by molar-refractivity contribution is -0.128. The van der Waals surface area contributed by atoms with Gasteiger partial charge in [0.15, 0.2) is 0 Å². The van der Waals surface area contributed by atoms with Gasteiger partial charge < -0.3 is 16.0 Å². The number of carbonyl (C=O) groups excluding carboxylic acids is 3. The first-order chi connectivity index (χ1) is 11.9. The molecule has 0 saturated heterocycles. The van der Waals surface area contributed by atoms with E-state index < -0.39 is 40.6 Å². The lowest BCUT2D eigenvalue weighted by atomic mass is 10.0. The van der Waals surface area contributed by atoms with Crippen LogP contribution in [0.2, 0.25) is 0 Å². The number of rotatable bonds is 6. The van der Waals surface area contributed by atoms with Crippen molar-refractivity contribution in [3.05, 3.63) is 35.4 Å². The molecule has 0 spiro atoms.